The summed E-state index contributed by atoms with van der Waals surface area (Å²) in [6, 6.07) is 13.9. The molecule has 0 saturated heterocycles. The van der Waals surface area contributed by atoms with Crippen molar-refractivity contribution in [2.75, 3.05) is 6.54 Å². The van der Waals surface area contributed by atoms with Crippen LogP contribution < -0.4 is 5.32 Å². The minimum Gasteiger partial charge on any atom is -0.468 e. The number of nitrogens with one attached hydrogen (secondary N) is 1. The summed E-state index contributed by atoms with van der Waals surface area (Å²) in [5, 5.41) is 1.82. The molecule has 2 aromatic carbocycles. The average Bonchev–Trinajstić information content (AvgIpc) is 3.16. The van der Waals surface area contributed by atoms with Gasteiger partial charge in [0.1, 0.15) is 16.8 Å². The van der Waals surface area contributed by atoms with Gasteiger partial charge in [0, 0.05) is 17.1 Å². The van der Waals surface area contributed by atoms with Gasteiger partial charge in [-0.1, -0.05) is 17.7 Å². The molecule has 0 radical (unpaired) electrons. The van der Waals surface area contributed by atoms with Crippen LogP contribution in [0.4, 0.5) is 4.39 Å². The van der Waals surface area contributed by atoms with Crippen molar-refractivity contribution in [2.45, 2.75) is 10.1 Å². The van der Waals surface area contributed by atoms with Crippen LogP contribution in [0.25, 0.3) is 0 Å². The fraction of sp³-hybridized carbons (Fsp3) is 0.105. The Bertz CT molecular complexity index is 1030. The third-order valence-electron chi connectivity index (χ3n) is 3.91. The van der Waals surface area contributed by atoms with Gasteiger partial charge in [-0.2, -0.15) is 0 Å². The predicted molar refractivity (Wildman–Crippen MR) is 98.8 cm³/mol. The lowest BCUT2D eigenvalue weighted by Gasteiger charge is -2.17. The molecule has 1 atom stereocenters. The molecule has 3 aromatic rings. The molecule has 8 heteroatoms. The highest BCUT2D eigenvalue weighted by Gasteiger charge is 2.32. The summed E-state index contributed by atoms with van der Waals surface area (Å²) < 4.78 is 44.4. The van der Waals surface area contributed by atoms with E-state index in [4.69, 9.17) is 16.0 Å². The molecule has 0 saturated carbocycles. The van der Waals surface area contributed by atoms with E-state index in [-0.39, 0.29) is 17.2 Å². The molecule has 3 rings (SSSR count). The van der Waals surface area contributed by atoms with Gasteiger partial charge in [-0.25, -0.2) is 12.8 Å². The maximum Gasteiger partial charge on any atom is 0.251 e. The van der Waals surface area contributed by atoms with E-state index >= 15 is 0 Å². The summed E-state index contributed by atoms with van der Waals surface area (Å²) in [6.45, 7) is -0.224. The van der Waals surface area contributed by atoms with Crippen LogP contribution in [0.5, 0.6) is 0 Å². The van der Waals surface area contributed by atoms with Gasteiger partial charge in [-0.05, 0) is 54.6 Å². The molecule has 0 fully saturated rings. The van der Waals surface area contributed by atoms with E-state index in [1.54, 1.807) is 24.3 Å². The van der Waals surface area contributed by atoms with Crippen LogP contribution in [0.1, 0.15) is 21.4 Å². The van der Waals surface area contributed by atoms with Gasteiger partial charge in [0.25, 0.3) is 5.91 Å². The van der Waals surface area contributed by atoms with Gasteiger partial charge in [0.2, 0.25) is 0 Å². The van der Waals surface area contributed by atoms with Crippen LogP contribution in [0, 0.1) is 5.82 Å². The van der Waals surface area contributed by atoms with Crippen LogP contribution in [0.2, 0.25) is 5.02 Å². The molecular formula is C19H15ClFNO4S. The normalized spacial score (nSPS) is 12.5. The molecule has 140 valence electrons. The van der Waals surface area contributed by atoms with Gasteiger partial charge >= 0.3 is 0 Å². The van der Waals surface area contributed by atoms with Crippen molar-refractivity contribution in [3.05, 3.63) is 89.1 Å². The first kappa shape index (κ1) is 19.1. The van der Waals surface area contributed by atoms with Crippen molar-refractivity contribution >= 4 is 27.3 Å². The average molecular weight is 408 g/mol. The van der Waals surface area contributed by atoms with E-state index < -0.39 is 26.8 Å². The van der Waals surface area contributed by atoms with Gasteiger partial charge < -0.3 is 9.73 Å². The van der Waals surface area contributed by atoms with Crippen molar-refractivity contribution < 1.29 is 22.0 Å². The summed E-state index contributed by atoms with van der Waals surface area (Å²) in [5.41, 5.74) is 0.305. The monoisotopic (exact) mass is 407 g/mol. The van der Waals surface area contributed by atoms with Gasteiger partial charge in [-0.3, -0.25) is 4.79 Å². The molecule has 0 spiro atoms. The van der Waals surface area contributed by atoms with Crippen LogP contribution >= 0.6 is 11.6 Å². The SMILES string of the molecule is O=C(NC[C@@H](c1ccco1)S(=O)(=O)c1ccc(F)cc1)c1cccc(Cl)c1. The fourth-order valence-corrected chi connectivity index (χ4v) is 4.32. The molecule has 0 aliphatic carbocycles. The zero-order chi connectivity index (χ0) is 19.4. The van der Waals surface area contributed by atoms with E-state index in [2.05, 4.69) is 5.32 Å². The maximum atomic E-state index is 13.1. The zero-order valence-corrected chi connectivity index (χ0v) is 15.5. The molecule has 1 N–H and O–H groups in total. The number of amides is 1. The van der Waals surface area contributed by atoms with Crippen LogP contribution in [-0.4, -0.2) is 20.9 Å². The maximum absolute atomic E-state index is 13.1. The van der Waals surface area contributed by atoms with Gasteiger partial charge in [0.05, 0.1) is 11.2 Å². The standard InChI is InChI=1S/C19H15ClFNO4S/c20-14-4-1-3-13(11-14)19(23)22-12-18(17-5-2-10-26-17)27(24,25)16-8-6-15(21)7-9-16/h1-11,18H,12H2,(H,22,23)/t18-/m0/s1. The Morgan fingerprint density at radius 1 is 1.11 bits per heavy atom. The molecule has 0 bridgehead atoms. The number of halogens is 2. The molecular weight excluding hydrogens is 393 g/mol. The number of carbonyl (C=O) groups excluding carboxylic acids is 1. The highest BCUT2D eigenvalue weighted by atomic mass is 35.5. The Labute approximate surface area is 160 Å². The smallest absolute Gasteiger partial charge is 0.251 e. The molecule has 1 heterocycles. The Morgan fingerprint density at radius 2 is 1.85 bits per heavy atom. The molecule has 1 aromatic heterocycles. The first-order valence-corrected chi connectivity index (χ1v) is 9.87. The lowest BCUT2D eigenvalue weighted by molar-refractivity contribution is 0.0953. The Balaban J connectivity index is 1.86. The van der Waals surface area contributed by atoms with Gasteiger partial charge in [-0.15, -0.1) is 0 Å². The lowest BCUT2D eigenvalue weighted by atomic mass is 10.2. The minimum atomic E-state index is -3.93. The second-order valence-corrected chi connectivity index (χ2v) is 8.29. The number of carbonyl (C=O) groups is 1. The zero-order valence-electron chi connectivity index (χ0n) is 13.9. The van der Waals surface area contributed by atoms with Gasteiger partial charge in [0.15, 0.2) is 9.84 Å². The van der Waals surface area contributed by atoms with E-state index in [0.29, 0.717) is 10.6 Å². The van der Waals surface area contributed by atoms with E-state index in [9.17, 15) is 17.6 Å². The minimum absolute atomic E-state index is 0.0673. The van der Waals surface area contributed by atoms with Crippen LogP contribution in [0.15, 0.2) is 76.2 Å². The topological polar surface area (TPSA) is 76.4 Å². The Hall–Kier alpha value is -2.64. The Morgan fingerprint density at radius 3 is 2.48 bits per heavy atom. The van der Waals surface area contributed by atoms with E-state index in [1.165, 1.54) is 30.5 Å². The van der Waals surface area contributed by atoms with Crippen molar-refractivity contribution in [3.8, 4) is 0 Å². The number of hydrogen-bond donors (Lipinski definition) is 1. The van der Waals surface area contributed by atoms with E-state index in [1.807, 2.05) is 0 Å². The molecule has 5 nitrogen and oxygen atoms in total. The van der Waals surface area contributed by atoms with Crippen molar-refractivity contribution in [1.29, 1.82) is 0 Å². The first-order valence-electron chi connectivity index (χ1n) is 7.94. The quantitative estimate of drug-likeness (QED) is 0.626. The van der Waals surface area contributed by atoms with Crippen LogP contribution in [-0.2, 0) is 9.84 Å². The molecule has 0 aliphatic heterocycles. The third kappa shape index (κ3) is 4.37. The molecule has 1 amide bonds. The summed E-state index contributed by atoms with van der Waals surface area (Å²) in [7, 11) is -3.93. The highest BCUT2D eigenvalue weighted by Crippen LogP contribution is 2.29. The fourth-order valence-electron chi connectivity index (χ4n) is 2.54. The van der Waals surface area contributed by atoms with Crippen molar-refractivity contribution in [3.63, 3.8) is 0 Å². The summed E-state index contributed by atoms with van der Waals surface area (Å²) >= 11 is 5.88. The second-order valence-electron chi connectivity index (χ2n) is 5.72. The predicted octanol–water partition coefficient (Wildman–Crippen LogP) is 4.02. The largest absolute Gasteiger partial charge is 0.468 e. The highest BCUT2D eigenvalue weighted by molar-refractivity contribution is 7.91. The molecule has 0 aliphatic rings. The van der Waals surface area contributed by atoms with E-state index in [0.717, 1.165) is 12.1 Å². The van der Waals surface area contributed by atoms with Crippen LogP contribution in [0.3, 0.4) is 0 Å². The summed E-state index contributed by atoms with van der Waals surface area (Å²) in [5.74, 6) is -0.841. The second kappa shape index (κ2) is 7.94. The Kier molecular flexibility index (Phi) is 5.62. The molecule has 27 heavy (non-hydrogen) atoms. The summed E-state index contributed by atoms with van der Waals surface area (Å²) in [4.78, 5) is 12.3. The first-order chi connectivity index (χ1) is 12.9. The number of furan rings is 1. The lowest BCUT2D eigenvalue weighted by Crippen LogP contribution is -2.31. The third-order valence-corrected chi connectivity index (χ3v) is 6.22. The van der Waals surface area contributed by atoms with Crippen molar-refractivity contribution in [2.24, 2.45) is 0 Å². The van der Waals surface area contributed by atoms with Crippen molar-refractivity contribution in [1.82, 2.24) is 5.32 Å². The number of benzene rings is 2. The number of sulfone groups is 1. The number of rotatable bonds is 6. The summed E-state index contributed by atoms with van der Waals surface area (Å²) in [6.07, 6.45) is 1.35. The number of hydrogen-bond acceptors (Lipinski definition) is 4. The molecule has 0 unspecified atom stereocenters.